The zero-order chi connectivity index (χ0) is 18.4. The van der Waals surface area contributed by atoms with Crippen molar-refractivity contribution in [3.8, 4) is 11.5 Å². The molecule has 6 heteroatoms. The molecule has 0 spiro atoms. The second-order valence-electron chi connectivity index (χ2n) is 5.59. The van der Waals surface area contributed by atoms with E-state index in [1.54, 1.807) is 30.1 Å². The standard InChI is InChI=1S/C19H20BrNO4/c1-13(22)15-6-9-17(18(10-15)24-3)25-12-19(23)21(2)11-14-4-7-16(20)8-5-14/h4-10H,11-12H2,1-3H3. The van der Waals surface area contributed by atoms with E-state index >= 15 is 0 Å². The van der Waals surface area contributed by atoms with E-state index in [0.29, 0.717) is 23.6 Å². The van der Waals surface area contributed by atoms with Crippen LogP contribution >= 0.6 is 15.9 Å². The van der Waals surface area contributed by atoms with Gasteiger partial charge in [0.2, 0.25) is 0 Å². The molecule has 132 valence electrons. The van der Waals surface area contributed by atoms with Crippen LogP contribution in [0.25, 0.3) is 0 Å². The molecule has 0 saturated heterocycles. The number of carbonyl (C=O) groups excluding carboxylic acids is 2. The van der Waals surface area contributed by atoms with Crippen molar-refractivity contribution in [1.82, 2.24) is 4.90 Å². The number of hydrogen-bond donors (Lipinski definition) is 0. The molecule has 0 aliphatic heterocycles. The van der Waals surface area contributed by atoms with E-state index in [9.17, 15) is 9.59 Å². The Bertz CT molecular complexity index is 759. The van der Waals surface area contributed by atoms with Gasteiger partial charge in [-0.3, -0.25) is 9.59 Å². The maximum Gasteiger partial charge on any atom is 0.260 e. The monoisotopic (exact) mass is 405 g/mol. The summed E-state index contributed by atoms with van der Waals surface area (Å²) in [5, 5.41) is 0. The van der Waals surface area contributed by atoms with Crippen LogP contribution in [0.5, 0.6) is 11.5 Å². The van der Waals surface area contributed by atoms with E-state index in [1.807, 2.05) is 24.3 Å². The third-order valence-electron chi connectivity index (χ3n) is 3.68. The lowest BCUT2D eigenvalue weighted by atomic mass is 10.1. The summed E-state index contributed by atoms with van der Waals surface area (Å²) in [5.74, 6) is 0.643. The van der Waals surface area contributed by atoms with Gasteiger partial charge in [0.25, 0.3) is 5.91 Å². The first-order valence-electron chi connectivity index (χ1n) is 7.71. The summed E-state index contributed by atoms with van der Waals surface area (Å²) < 4.78 is 11.8. The van der Waals surface area contributed by atoms with Crippen molar-refractivity contribution in [2.75, 3.05) is 20.8 Å². The molecule has 2 aromatic carbocycles. The molecule has 0 unspecified atom stereocenters. The van der Waals surface area contributed by atoms with Gasteiger partial charge in [-0.25, -0.2) is 0 Å². The fourth-order valence-electron chi connectivity index (χ4n) is 2.21. The Morgan fingerprint density at radius 1 is 1.08 bits per heavy atom. The minimum atomic E-state index is -0.152. The highest BCUT2D eigenvalue weighted by atomic mass is 79.9. The van der Waals surface area contributed by atoms with Gasteiger partial charge < -0.3 is 14.4 Å². The quantitative estimate of drug-likeness (QED) is 0.659. The van der Waals surface area contributed by atoms with E-state index < -0.39 is 0 Å². The Balaban J connectivity index is 1.96. The lowest BCUT2D eigenvalue weighted by Gasteiger charge is -2.18. The summed E-state index contributed by atoms with van der Waals surface area (Å²) in [5.41, 5.74) is 1.56. The van der Waals surface area contributed by atoms with Crippen molar-refractivity contribution < 1.29 is 19.1 Å². The van der Waals surface area contributed by atoms with Crippen LogP contribution in [0.1, 0.15) is 22.8 Å². The van der Waals surface area contributed by atoms with E-state index in [2.05, 4.69) is 15.9 Å². The molecule has 0 heterocycles. The van der Waals surface area contributed by atoms with Gasteiger partial charge in [-0.05, 0) is 42.8 Å². The Labute approximate surface area is 155 Å². The Kier molecular flexibility index (Phi) is 6.58. The van der Waals surface area contributed by atoms with Crippen LogP contribution in [0.15, 0.2) is 46.9 Å². The molecule has 2 rings (SSSR count). The van der Waals surface area contributed by atoms with Crippen LogP contribution in [0, 0.1) is 0 Å². The number of ether oxygens (including phenoxy) is 2. The van der Waals surface area contributed by atoms with Crippen molar-refractivity contribution in [3.63, 3.8) is 0 Å². The number of hydrogen-bond acceptors (Lipinski definition) is 4. The number of nitrogens with zero attached hydrogens (tertiary/aromatic N) is 1. The Hall–Kier alpha value is -2.34. The molecule has 2 aromatic rings. The van der Waals surface area contributed by atoms with Gasteiger partial charge in [0.15, 0.2) is 23.9 Å². The maximum atomic E-state index is 12.3. The largest absolute Gasteiger partial charge is 0.493 e. The predicted molar refractivity (Wildman–Crippen MR) is 99.1 cm³/mol. The first kappa shape index (κ1) is 19.0. The number of carbonyl (C=O) groups is 2. The van der Waals surface area contributed by atoms with Crippen LogP contribution in [0.3, 0.4) is 0 Å². The van der Waals surface area contributed by atoms with E-state index in [4.69, 9.17) is 9.47 Å². The average Bonchev–Trinajstić information content (AvgIpc) is 2.61. The third kappa shape index (κ3) is 5.32. The average molecular weight is 406 g/mol. The van der Waals surface area contributed by atoms with Gasteiger partial charge in [-0.1, -0.05) is 28.1 Å². The number of methoxy groups -OCH3 is 1. The van der Waals surface area contributed by atoms with E-state index in [1.165, 1.54) is 14.0 Å². The fourth-order valence-corrected chi connectivity index (χ4v) is 2.47. The van der Waals surface area contributed by atoms with E-state index in [0.717, 1.165) is 10.0 Å². The van der Waals surface area contributed by atoms with Gasteiger partial charge >= 0.3 is 0 Å². The maximum absolute atomic E-state index is 12.3. The lowest BCUT2D eigenvalue weighted by Crippen LogP contribution is -2.31. The smallest absolute Gasteiger partial charge is 0.260 e. The van der Waals surface area contributed by atoms with E-state index in [-0.39, 0.29) is 18.3 Å². The minimum Gasteiger partial charge on any atom is -0.493 e. The first-order chi connectivity index (χ1) is 11.9. The summed E-state index contributed by atoms with van der Waals surface area (Å²) in [6, 6.07) is 12.7. The van der Waals surface area contributed by atoms with Crippen molar-refractivity contribution in [3.05, 3.63) is 58.1 Å². The number of benzene rings is 2. The molecule has 0 bridgehead atoms. The van der Waals surface area contributed by atoms with Gasteiger partial charge in [-0.15, -0.1) is 0 Å². The molecule has 0 aliphatic rings. The molecular weight excluding hydrogens is 386 g/mol. The number of ketones is 1. The predicted octanol–water partition coefficient (Wildman–Crippen LogP) is 3.70. The lowest BCUT2D eigenvalue weighted by molar-refractivity contribution is -0.132. The van der Waals surface area contributed by atoms with Crippen molar-refractivity contribution >= 4 is 27.6 Å². The number of amides is 1. The molecular formula is C19H20BrNO4. The van der Waals surface area contributed by atoms with Crippen LogP contribution < -0.4 is 9.47 Å². The highest BCUT2D eigenvalue weighted by molar-refractivity contribution is 9.10. The van der Waals surface area contributed by atoms with Gasteiger partial charge in [0.05, 0.1) is 7.11 Å². The summed E-state index contributed by atoms with van der Waals surface area (Å²) in [4.78, 5) is 25.3. The number of Topliss-reactive ketones (excluding diaryl/α,β-unsaturated/α-hetero) is 1. The summed E-state index contributed by atoms with van der Waals surface area (Å²) in [6.07, 6.45) is 0. The van der Waals surface area contributed by atoms with Crippen LogP contribution in [-0.4, -0.2) is 37.4 Å². The summed E-state index contributed by atoms with van der Waals surface area (Å²) in [6.45, 7) is 1.87. The molecule has 0 fully saturated rings. The number of halogens is 1. The number of rotatable bonds is 7. The molecule has 0 saturated carbocycles. The normalized spacial score (nSPS) is 10.2. The van der Waals surface area contributed by atoms with Crippen molar-refractivity contribution in [2.24, 2.45) is 0 Å². The molecule has 0 aliphatic carbocycles. The molecule has 25 heavy (non-hydrogen) atoms. The van der Waals surface area contributed by atoms with Crippen molar-refractivity contribution in [1.29, 1.82) is 0 Å². The first-order valence-corrected chi connectivity index (χ1v) is 8.50. The highest BCUT2D eigenvalue weighted by Crippen LogP contribution is 2.28. The molecule has 5 nitrogen and oxygen atoms in total. The fraction of sp³-hybridized carbons (Fsp3) is 0.263. The van der Waals surface area contributed by atoms with Crippen LogP contribution in [0.4, 0.5) is 0 Å². The molecule has 0 radical (unpaired) electrons. The summed E-state index contributed by atoms with van der Waals surface area (Å²) >= 11 is 3.39. The zero-order valence-corrected chi connectivity index (χ0v) is 16.0. The van der Waals surface area contributed by atoms with Gasteiger partial charge in [0.1, 0.15) is 0 Å². The molecule has 0 N–H and O–H groups in total. The highest BCUT2D eigenvalue weighted by Gasteiger charge is 2.13. The second kappa shape index (κ2) is 8.67. The Morgan fingerprint density at radius 2 is 1.76 bits per heavy atom. The minimum absolute atomic E-state index is 0.0600. The van der Waals surface area contributed by atoms with Crippen molar-refractivity contribution in [2.45, 2.75) is 13.5 Å². The SMILES string of the molecule is COc1cc(C(C)=O)ccc1OCC(=O)N(C)Cc1ccc(Br)cc1. The van der Waals surface area contributed by atoms with Crippen LogP contribution in [-0.2, 0) is 11.3 Å². The molecule has 0 atom stereocenters. The van der Waals surface area contributed by atoms with Crippen LogP contribution in [0.2, 0.25) is 0 Å². The topological polar surface area (TPSA) is 55.8 Å². The molecule has 1 amide bonds. The third-order valence-corrected chi connectivity index (χ3v) is 4.21. The zero-order valence-electron chi connectivity index (χ0n) is 14.4. The second-order valence-corrected chi connectivity index (χ2v) is 6.50. The Morgan fingerprint density at radius 3 is 2.36 bits per heavy atom. The number of likely N-dealkylation sites (N-methyl/N-ethyl adjacent to an activating group) is 1. The summed E-state index contributed by atoms with van der Waals surface area (Å²) in [7, 11) is 3.22. The van der Waals surface area contributed by atoms with Gasteiger partial charge in [-0.2, -0.15) is 0 Å². The molecule has 0 aromatic heterocycles. The van der Waals surface area contributed by atoms with Gasteiger partial charge in [0, 0.05) is 23.6 Å².